The Morgan fingerprint density at radius 3 is 2.11 bits per heavy atom. The molecule has 5 nitrogen and oxygen atoms in total. The van der Waals surface area contributed by atoms with Crippen LogP contribution in [-0.2, 0) is 29.1 Å². The van der Waals surface area contributed by atoms with Crippen molar-refractivity contribution in [3.63, 3.8) is 0 Å². The Hall–Kier alpha value is -2.55. The third-order valence-corrected chi connectivity index (χ3v) is 4.88. The summed E-state index contributed by atoms with van der Waals surface area (Å²) in [5, 5.41) is 5.97. The number of nitrogens with one attached hydrogen (secondary N) is 2. The van der Waals surface area contributed by atoms with Crippen molar-refractivity contribution >= 4 is 15.8 Å². The molecule has 146 valence electrons. The summed E-state index contributed by atoms with van der Waals surface area (Å²) in [6, 6.07) is 11.5. The zero-order chi connectivity index (χ0) is 20.1. The lowest BCUT2D eigenvalue weighted by atomic mass is 10.1. The second-order valence-corrected chi connectivity index (χ2v) is 7.91. The number of nitrogens with zero attached hydrogens (tertiary/aromatic N) is 1. The number of aliphatic imine (C=N–C) groups is 1. The van der Waals surface area contributed by atoms with Crippen molar-refractivity contribution in [1.29, 1.82) is 0 Å². The van der Waals surface area contributed by atoms with Gasteiger partial charge < -0.3 is 10.6 Å². The van der Waals surface area contributed by atoms with Crippen LogP contribution in [0.2, 0.25) is 0 Å². The minimum absolute atomic E-state index is 0.177. The molecule has 0 saturated heterocycles. The van der Waals surface area contributed by atoms with Gasteiger partial charge in [0.05, 0.1) is 10.5 Å². The molecule has 0 unspecified atom stereocenters. The molecule has 9 heteroatoms. The molecule has 2 N–H and O–H groups in total. The van der Waals surface area contributed by atoms with E-state index in [1.54, 1.807) is 25.2 Å². The maximum Gasteiger partial charge on any atom is 0.416 e. The highest BCUT2D eigenvalue weighted by atomic mass is 32.2. The number of alkyl halides is 3. The minimum atomic E-state index is -4.38. The van der Waals surface area contributed by atoms with Crippen molar-refractivity contribution in [2.45, 2.75) is 24.2 Å². The van der Waals surface area contributed by atoms with Gasteiger partial charge in [-0.05, 0) is 35.4 Å². The number of guanidine groups is 1. The molecule has 27 heavy (non-hydrogen) atoms. The Bertz CT molecular complexity index is 908. The number of hydrogen-bond acceptors (Lipinski definition) is 3. The Kier molecular flexibility index (Phi) is 6.48. The van der Waals surface area contributed by atoms with Crippen molar-refractivity contribution in [2.75, 3.05) is 13.3 Å². The molecule has 0 aromatic heterocycles. The molecule has 0 radical (unpaired) electrons. The molecule has 2 aromatic rings. The van der Waals surface area contributed by atoms with E-state index in [1.807, 2.05) is 0 Å². The fraction of sp³-hybridized carbons (Fsp3) is 0.278. The van der Waals surface area contributed by atoms with Crippen LogP contribution < -0.4 is 10.6 Å². The van der Waals surface area contributed by atoms with Crippen LogP contribution >= 0.6 is 0 Å². The first-order chi connectivity index (χ1) is 12.6. The van der Waals surface area contributed by atoms with Gasteiger partial charge in [-0.25, -0.2) is 8.42 Å². The van der Waals surface area contributed by atoms with Crippen molar-refractivity contribution < 1.29 is 21.6 Å². The van der Waals surface area contributed by atoms with Gasteiger partial charge in [0.1, 0.15) is 0 Å². The summed E-state index contributed by atoms with van der Waals surface area (Å²) in [4.78, 5) is 4.26. The molecule has 2 rings (SSSR count). The topological polar surface area (TPSA) is 70.6 Å². The van der Waals surface area contributed by atoms with Gasteiger partial charge >= 0.3 is 6.18 Å². The monoisotopic (exact) mass is 399 g/mol. The maximum absolute atomic E-state index is 12.7. The van der Waals surface area contributed by atoms with Crippen LogP contribution in [0, 0.1) is 0 Å². The second-order valence-electron chi connectivity index (χ2n) is 5.89. The highest BCUT2D eigenvalue weighted by molar-refractivity contribution is 7.90. The summed E-state index contributed by atoms with van der Waals surface area (Å²) >= 11 is 0. The van der Waals surface area contributed by atoms with Gasteiger partial charge in [0.25, 0.3) is 0 Å². The van der Waals surface area contributed by atoms with Gasteiger partial charge in [0, 0.05) is 26.4 Å². The summed E-state index contributed by atoms with van der Waals surface area (Å²) in [6.45, 7) is 0.558. The van der Waals surface area contributed by atoms with Crippen molar-refractivity contribution in [3.8, 4) is 0 Å². The molecule has 0 bridgehead atoms. The molecular weight excluding hydrogens is 379 g/mol. The first kappa shape index (κ1) is 20.8. The normalized spacial score (nSPS) is 12.7. The first-order valence-electron chi connectivity index (χ1n) is 7.99. The van der Waals surface area contributed by atoms with Crippen molar-refractivity contribution in [1.82, 2.24) is 10.6 Å². The first-order valence-corrected chi connectivity index (χ1v) is 9.88. The average molecular weight is 399 g/mol. The van der Waals surface area contributed by atoms with E-state index >= 15 is 0 Å². The van der Waals surface area contributed by atoms with Crippen LogP contribution in [0.5, 0.6) is 0 Å². The predicted molar refractivity (Wildman–Crippen MR) is 98.0 cm³/mol. The van der Waals surface area contributed by atoms with Crippen molar-refractivity contribution in [3.05, 3.63) is 65.2 Å². The molecule has 0 atom stereocenters. The lowest BCUT2D eigenvalue weighted by molar-refractivity contribution is -0.137. The Balaban J connectivity index is 1.93. The highest BCUT2D eigenvalue weighted by Crippen LogP contribution is 2.29. The van der Waals surface area contributed by atoms with E-state index < -0.39 is 21.6 Å². The fourth-order valence-electron chi connectivity index (χ4n) is 2.30. The van der Waals surface area contributed by atoms with Gasteiger partial charge in [-0.1, -0.05) is 24.3 Å². The molecule has 0 heterocycles. The quantitative estimate of drug-likeness (QED) is 0.599. The van der Waals surface area contributed by atoms with E-state index in [0.717, 1.165) is 24.0 Å². The molecule has 0 fully saturated rings. The van der Waals surface area contributed by atoms with Gasteiger partial charge in [0.15, 0.2) is 15.8 Å². The summed E-state index contributed by atoms with van der Waals surface area (Å²) in [6.07, 6.45) is -3.24. The minimum Gasteiger partial charge on any atom is -0.352 e. The summed E-state index contributed by atoms with van der Waals surface area (Å²) in [7, 11) is -1.70. The van der Waals surface area contributed by atoms with Crippen LogP contribution in [0.1, 0.15) is 16.7 Å². The maximum atomic E-state index is 12.7. The third-order valence-electron chi connectivity index (χ3n) is 3.75. The van der Waals surface area contributed by atoms with Gasteiger partial charge in [0.2, 0.25) is 0 Å². The van der Waals surface area contributed by atoms with Gasteiger partial charge in [-0.3, -0.25) is 4.99 Å². The standard InChI is InChI=1S/C18H20F3N3O2S/c1-22-17(23-11-13-6-8-16(9-7-13)27(2,25)26)24-12-14-4-3-5-15(10-14)18(19,20)21/h3-10H,11-12H2,1-2H3,(H2,22,23,24). The molecule has 0 amide bonds. The zero-order valence-electron chi connectivity index (χ0n) is 14.8. The predicted octanol–water partition coefficient (Wildman–Crippen LogP) is 2.97. The Morgan fingerprint density at radius 1 is 1.00 bits per heavy atom. The lowest BCUT2D eigenvalue weighted by Gasteiger charge is -2.13. The zero-order valence-corrected chi connectivity index (χ0v) is 15.7. The largest absolute Gasteiger partial charge is 0.416 e. The molecular formula is C18H20F3N3O2S. The third kappa shape index (κ3) is 6.28. The van der Waals surface area contributed by atoms with E-state index in [1.165, 1.54) is 18.2 Å². The molecule has 2 aromatic carbocycles. The van der Waals surface area contributed by atoms with Gasteiger partial charge in [-0.15, -0.1) is 0 Å². The van der Waals surface area contributed by atoms with Crippen LogP contribution in [0.25, 0.3) is 0 Å². The SMILES string of the molecule is CN=C(NCc1ccc(S(C)(=O)=O)cc1)NCc1cccc(C(F)(F)F)c1. The smallest absolute Gasteiger partial charge is 0.352 e. The number of sulfone groups is 1. The molecule has 0 aliphatic carbocycles. The summed E-state index contributed by atoms with van der Waals surface area (Å²) < 4.78 is 61.1. The van der Waals surface area contributed by atoms with E-state index in [9.17, 15) is 21.6 Å². The van der Waals surface area contributed by atoms with E-state index in [2.05, 4.69) is 15.6 Å². The van der Waals surface area contributed by atoms with Crippen LogP contribution in [0.4, 0.5) is 13.2 Å². The number of rotatable bonds is 5. The molecule has 0 spiro atoms. The van der Waals surface area contributed by atoms with Crippen LogP contribution in [0.15, 0.2) is 58.4 Å². The van der Waals surface area contributed by atoms with E-state index in [-0.39, 0.29) is 11.4 Å². The second kappa shape index (κ2) is 8.43. The highest BCUT2D eigenvalue weighted by Gasteiger charge is 2.30. The average Bonchev–Trinajstić information content (AvgIpc) is 2.61. The summed E-state index contributed by atoms with van der Waals surface area (Å²) in [5.74, 6) is 0.416. The molecule has 0 aliphatic heterocycles. The molecule has 0 aliphatic rings. The van der Waals surface area contributed by atoms with E-state index in [0.29, 0.717) is 18.1 Å². The number of halogens is 3. The number of hydrogen-bond donors (Lipinski definition) is 2. The molecule has 0 saturated carbocycles. The lowest BCUT2D eigenvalue weighted by Crippen LogP contribution is -2.36. The fourth-order valence-corrected chi connectivity index (χ4v) is 2.93. The van der Waals surface area contributed by atoms with Crippen LogP contribution in [0.3, 0.4) is 0 Å². The Morgan fingerprint density at radius 2 is 1.59 bits per heavy atom. The van der Waals surface area contributed by atoms with Crippen molar-refractivity contribution in [2.24, 2.45) is 4.99 Å². The summed E-state index contributed by atoms with van der Waals surface area (Å²) in [5.41, 5.74) is 0.616. The van der Waals surface area contributed by atoms with E-state index in [4.69, 9.17) is 0 Å². The van der Waals surface area contributed by atoms with Gasteiger partial charge in [-0.2, -0.15) is 13.2 Å². The Labute approximate surface area is 156 Å². The van der Waals surface area contributed by atoms with Crippen LogP contribution in [-0.4, -0.2) is 27.7 Å². The number of benzene rings is 2.